The van der Waals surface area contributed by atoms with Gasteiger partial charge in [-0.1, -0.05) is 37.5 Å². The molecule has 0 heterocycles. The van der Waals surface area contributed by atoms with Crippen molar-refractivity contribution in [1.29, 1.82) is 0 Å². The number of rotatable bonds is 4. The minimum absolute atomic E-state index is 0.0148. The van der Waals surface area contributed by atoms with Crippen molar-refractivity contribution < 1.29 is 25.8 Å². The van der Waals surface area contributed by atoms with Crippen molar-refractivity contribution in [1.82, 2.24) is 0 Å². The Hall–Kier alpha value is -1.08. The van der Waals surface area contributed by atoms with E-state index in [4.69, 9.17) is 4.18 Å². The summed E-state index contributed by atoms with van der Waals surface area (Å²) in [5.41, 5.74) is -2.48. The number of aryl methyl sites for hydroxylation is 1. The Morgan fingerprint density at radius 3 is 2.07 bits per heavy atom. The van der Waals surface area contributed by atoms with Crippen molar-refractivity contribution in [2.24, 2.45) is 17.3 Å². The van der Waals surface area contributed by atoms with E-state index >= 15 is 13.2 Å². The molecule has 4 aliphatic carbocycles. The maximum atomic E-state index is 15.5. The van der Waals surface area contributed by atoms with Crippen LogP contribution in [-0.4, -0.2) is 26.1 Å². The molecule has 4 aliphatic rings. The summed E-state index contributed by atoms with van der Waals surface area (Å²) in [5.74, 6) is -3.27. The molecule has 0 N–H and O–H groups in total. The zero-order chi connectivity index (χ0) is 21.1. The third-order valence-corrected chi connectivity index (χ3v) is 9.22. The van der Waals surface area contributed by atoms with Crippen molar-refractivity contribution >= 4 is 10.1 Å². The molecule has 0 saturated heterocycles. The Labute approximate surface area is 171 Å². The molecule has 1 unspecified atom stereocenters. The molecule has 0 aromatic heterocycles. The van der Waals surface area contributed by atoms with Crippen LogP contribution in [0.25, 0.3) is 0 Å². The topological polar surface area (TPSA) is 43.4 Å². The monoisotopic (exact) mass is 430 g/mol. The highest BCUT2D eigenvalue weighted by Crippen LogP contribution is 2.67. The molecule has 0 spiro atoms. The average Bonchev–Trinajstić information content (AvgIpc) is 2.67. The van der Waals surface area contributed by atoms with Crippen molar-refractivity contribution in [3.05, 3.63) is 29.8 Å². The first-order valence-corrected chi connectivity index (χ1v) is 12.0. The normalized spacial score (nSPS) is 39.4. The van der Waals surface area contributed by atoms with Crippen molar-refractivity contribution in [3.63, 3.8) is 0 Å². The molecule has 5 rings (SSSR count). The Balaban J connectivity index is 1.61. The summed E-state index contributed by atoms with van der Waals surface area (Å²) in [5, 5.41) is 0. The summed E-state index contributed by atoms with van der Waals surface area (Å²) in [6, 6.07) is 5.94. The molecule has 4 fully saturated rings. The van der Waals surface area contributed by atoms with E-state index in [0.717, 1.165) is 18.4 Å². The van der Waals surface area contributed by atoms with Crippen LogP contribution in [0.3, 0.4) is 0 Å². The second-order valence-electron chi connectivity index (χ2n) is 9.51. The zero-order valence-electron chi connectivity index (χ0n) is 17.0. The molecule has 0 aliphatic heterocycles. The first-order valence-electron chi connectivity index (χ1n) is 10.6. The first-order chi connectivity index (χ1) is 13.5. The maximum Gasteiger partial charge on any atom is 0.297 e. The second-order valence-corrected chi connectivity index (χ2v) is 11.1. The molecule has 3 nitrogen and oxygen atoms in total. The van der Waals surface area contributed by atoms with E-state index < -0.39 is 33.2 Å². The standard InChI is InChI=1S/C22H29F3O3S/c1-15-3-7-17(8-4-15)20-11-13-21(14-12-20,19(23)22(20,24)25)28-29(26,27)18-9-5-16(2)6-10-18/h5-6,9-10,15,17,19H,3-4,7-8,11-14H2,1-2H3. The highest BCUT2D eigenvalue weighted by Gasteiger charge is 2.74. The zero-order valence-corrected chi connectivity index (χ0v) is 17.8. The molecule has 162 valence electrons. The number of hydrogen-bond acceptors (Lipinski definition) is 3. The van der Waals surface area contributed by atoms with Gasteiger partial charge in [0.2, 0.25) is 0 Å². The lowest BCUT2D eigenvalue weighted by molar-refractivity contribution is -0.299. The summed E-state index contributed by atoms with van der Waals surface area (Å²) >= 11 is 0. The maximum absolute atomic E-state index is 15.5. The summed E-state index contributed by atoms with van der Waals surface area (Å²) < 4.78 is 77.0. The number of halogens is 3. The molecule has 7 heteroatoms. The van der Waals surface area contributed by atoms with E-state index in [1.54, 1.807) is 12.1 Å². The minimum atomic E-state index is -4.33. The van der Waals surface area contributed by atoms with E-state index in [1.807, 2.05) is 6.92 Å². The van der Waals surface area contributed by atoms with E-state index in [-0.39, 0.29) is 36.5 Å². The van der Waals surface area contributed by atoms with Gasteiger partial charge in [-0.2, -0.15) is 8.42 Å². The van der Waals surface area contributed by atoms with Gasteiger partial charge < -0.3 is 0 Å². The Kier molecular flexibility index (Phi) is 5.09. The van der Waals surface area contributed by atoms with Crippen LogP contribution in [0.1, 0.15) is 63.9 Å². The second kappa shape index (κ2) is 6.98. The van der Waals surface area contributed by atoms with Crippen LogP contribution < -0.4 is 0 Å². The largest absolute Gasteiger partial charge is 0.297 e. The van der Waals surface area contributed by atoms with E-state index in [0.29, 0.717) is 18.8 Å². The van der Waals surface area contributed by atoms with E-state index in [2.05, 4.69) is 6.92 Å². The number of alkyl halides is 3. The molecule has 2 bridgehead atoms. The molecular formula is C22H29F3O3S. The number of hydrogen-bond donors (Lipinski definition) is 0. The van der Waals surface area contributed by atoms with Gasteiger partial charge in [0.15, 0.2) is 6.17 Å². The lowest BCUT2D eigenvalue weighted by Gasteiger charge is -2.61. The summed E-state index contributed by atoms with van der Waals surface area (Å²) in [6.07, 6.45) is 0.814. The quantitative estimate of drug-likeness (QED) is 0.566. The van der Waals surface area contributed by atoms with Crippen LogP contribution in [0.4, 0.5) is 13.2 Å². The van der Waals surface area contributed by atoms with Gasteiger partial charge >= 0.3 is 0 Å². The van der Waals surface area contributed by atoms with Gasteiger partial charge in [-0.3, -0.25) is 4.18 Å². The highest BCUT2D eigenvalue weighted by molar-refractivity contribution is 7.86. The minimum Gasteiger partial charge on any atom is -0.256 e. The molecule has 0 radical (unpaired) electrons. The van der Waals surface area contributed by atoms with Gasteiger partial charge in [0, 0.05) is 5.41 Å². The Morgan fingerprint density at radius 1 is 0.966 bits per heavy atom. The summed E-state index contributed by atoms with van der Waals surface area (Å²) in [7, 11) is -4.33. The average molecular weight is 431 g/mol. The summed E-state index contributed by atoms with van der Waals surface area (Å²) in [6.45, 7) is 3.93. The third kappa shape index (κ3) is 3.23. The fraction of sp³-hybridized carbons (Fsp3) is 0.727. The highest BCUT2D eigenvalue weighted by atomic mass is 32.2. The van der Waals surface area contributed by atoms with Crippen molar-refractivity contribution in [2.45, 2.75) is 87.8 Å². The van der Waals surface area contributed by atoms with Gasteiger partial charge in [-0.05, 0) is 69.4 Å². The van der Waals surface area contributed by atoms with Gasteiger partial charge in [0.25, 0.3) is 16.0 Å². The van der Waals surface area contributed by atoms with Crippen molar-refractivity contribution in [2.75, 3.05) is 0 Å². The SMILES string of the molecule is Cc1ccc(S(=O)(=O)OC23CCC(C4CCC(C)CC4)(CC2)C(F)(F)C3F)cc1. The smallest absolute Gasteiger partial charge is 0.256 e. The molecule has 1 aromatic rings. The number of benzene rings is 1. The third-order valence-electron chi connectivity index (χ3n) is 7.82. The van der Waals surface area contributed by atoms with E-state index in [1.165, 1.54) is 12.1 Å². The van der Waals surface area contributed by atoms with Gasteiger partial charge in [0.05, 0.1) is 4.90 Å². The molecular weight excluding hydrogens is 401 g/mol. The van der Waals surface area contributed by atoms with Crippen LogP contribution in [0, 0.1) is 24.2 Å². The molecule has 4 saturated carbocycles. The fourth-order valence-corrected chi connectivity index (χ4v) is 7.13. The molecule has 1 atom stereocenters. The molecule has 29 heavy (non-hydrogen) atoms. The lowest BCUT2D eigenvalue weighted by atomic mass is 9.49. The Bertz CT molecular complexity index is 850. The van der Waals surface area contributed by atoms with Gasteiger partial charge in [-0.25, -0.2) is 13.2 Å². The molecule has 1 aromatic carbocycles. The Morgan fingerprint density at radius 2 is 1.52 bits per heavy atom. The molecule has 0 amide bonds. The fourth-order valence-electron chi connectivity index (χ4n) is 5.88. The van der Waals surface area contributed by atoms with Crippen LogP contribution in [0.5, 0.6) is 0 Å². The van der Waals surface area contributed by atoms with Crippen LogP contribution in [-0.2, 0) is 14.3 Å². The predicted octanol–water partition coefficient (Wildman–Crippen LogP) is 5.81. The van der Waals surface area contributed by atoms with Gasteiger partial charge in [-0.15, -0.1) is 0 Å². The first kappa shape index (κ1) is 21.2. The van der Waals surface area contributed by atoms with E-state index in [9.17, 15) is 8.42 Å². The van der Waals surface area contributed by atoms with Crippen LogP contribution in [0.2, 0.25) is 0 Å². The number of fused-ring (bicyclic) bond motifs is 3. The van der Waals surface area contributed by atoms with Crippen LogP contribution in [0.15, 0.2) is 29.2 Å². The van der Waals surface area contributed by atoms with Crippen LogP contribution >= 0.6 is 0 Å². The van der Waals surface area contributed by atoms with Crippen molar-refractivity contribution in [3.8, 4) is 0 Å². The summed E-state index contributed by atoms with van der Waals surface area (Å²) in [4.78, 5) is -0.128. The lowest BCUT2D eigenvalue weighted by Crippen LogP contribution is -2.70. The predicted molar refractivity (Wildman–Crippen MR) is 104 cm³/mol. The van der Waals surface area contributed by atoms with Gasteiger partial charge in [0.1, 0.15) is 5.60 Å².